The van der Waals surface area contributed by atoms with Crippen molar-refractivity contribution in [1.29, 1.82) is 0 Å². The van der Waals surface area contributed by atoms with Crippen LogP contribution in [0.3, 0.4) is 0 Å². The predicted molar refractivity (Wildman–Crippen MR) is 89.8 cm³/mol. The number of nitrogens with two attached hydrogens (primary N) is 1. The van der Waals surface area contributed by atoms with Gasteiger partial charge in [-0.05, 0) is 25.1 Å². The van der Waals surface area contributed by atoms with E-state index in [2.05, 4.69) is 0 Å². The van der Waals surface area contributed by atoms with Crippen LogP contribution in [0.1, 0.15) is 22.8 Å². The van der Waals surface area contributed by atoms with Crippen molar-refractivity contribution in [2.75, 3.05) is 0 Å². The van der Waals surface area contributed by atoms with Gasteiger partial charge < -0.3 is 15.2 Å². The Labute approximate surface area is 144 Å². The van der Waals surface area contributed by atoms with Crippen molar-refractivity contribution in [1.82, 2.24) is 5.32 Å². The molecule has 0 bridgehead atoms. The van der Waals surface area contributed by atoms with Crippen LogP contribution >= 0.6 is 0 Å². The van der Waals surface area contributed by atoms with Crippen molar-refractivity contribution in [3.05, 3.63) is 65.7 Å². The lowest BCUT2D eigenvalue weighted by molar-refractivity contribution is -0.127. The molecule has 0 heterocycles. The minimum absolute atomic E-state index is 0.164. The van der Waals surface area contributed by atoms with Gasteiger partial charge >= 0.3 is 12.0 Å². The number of hydrogen-bond donors (Lipinski definition) is 2. The SMILES string of the molecule is C[C@@H](OC(=O)c1ccccc1COc1ccccc1)C(=O)NC(N)=O. The number of rotatable bonds is 6. The topological polar surface area (TPSA) is 108 Å². The summed E-state index contributed by atoms with van der Waals surface area (Å²) < 4.78 is 10.7. The quantitative estimate of drug-likeness (QED) is 0.781. The summed E-state index contributed by atoms with van der Waals surface area (Å²) in [6.45, 7) is 1.51. The molecule has 0 fully saturated rings. The Morgan fingerprint density at radius 1 is 1.04 bits per heavy atom. The number of para-hydroxylation sites is 1. The Kier molecular flexibility index (Phi) is 6.11. The smallest absolute Gasteiger partial charge is 0.339 e. The largest absolute Gasteiger partial charge is 0.489 e. The Morgan fingerprint density at radius 3 is 2.36 bits per heavy atom. The number of carbonyl (C=O) groups excluding carboxylic acids is 3. The molecule has 130 valence electrons. The van der Waals surface area contributed by atoms with E-state index in [0.29, 0.717) is 11.3 Å². The second-order valence-corrected chi connectivity index (χ2v) is 5.16. The summed E-state index contributed by atoms with van der Waals surface area (Å²) in [5.74, 6) is -0.821. The first-order valence-corrected chi connectivity index (χ1v) is 7.54. The van der Waals surface area contributed by atoms with Gasteiger partial charge in [0.1, 0.15) is 12.4 Å². The Hall–Kier alpha value is -3.35. The Balaban J connectivity index is 2.04. The van der Waals surface area contributed by atoms with E-state index in [1.807, 2.05) is 23.5 Å². The minimum Gasteiger partial charge on any atom is -0.489 e. The summed E-state index contributed by atoms with van der Waals surface area (Å²) in [7, 11) is 0. The van der Waals surface area contributed by atoms with Crippen molar-refractivity contribution >= 4 is 17.9 Å². The van der Waals surface area contributed by atoms with Crippen LogP contribution in [0.5, 0.6) is 5.75 Å². The maximum Gasteiger partial charge on any atom is 0.339 e. The molecule has 0 saturated heterocycles. The van der Waals surface area contributed by atoms with Crippen molar-refractivity contribution in [3.8, 4) is 5.75 Å². The minimum atomic E-state index is -1.16. The molecular formula is C18H18N2O5. The van der Waals surface area contributed by atoms with E-state index in [4.69, 9.17) is 15.2 Å². The molecule has 0 aliphatic rings. The summed E-state index contributed by atoms with van der Waals surface area (Å²) in [6.07, 6.45) is -1.16. The summed E-state index contributed by atoms with van der Waals surface area (Å²) in [6, 6.07) is 14.9. The van der Waals surface area contributed by atoms with Gasteiger partial charge in [-0.2, -0.15) is 0 Å². The van der Waals surface area contributed by atoms with Gasteiger partial charge in [0.15, 0.2) is 6.10 Å². The third-order valence-electron chi connectivity index (χ3n) is 3.27. The van der Waals surface area contributed by atoms with Crippen LogP contribution in [0.2, 0.25) is 0 Å². The zero-order chi connectivity index (χ0) is 18.2. The summed E-state index contributed by atoms with van der Waals surface area (Å²) in [5.41, 5.74) is 5.75. The molecule has 2 rings (SSSR count). The standard InChI is InChI=1S/C18H18N2O5/c1-12(16(21)20-18(19)23)25-17(22)15-10-6-5-7-13(15)11-24-14-8-3-2-4-9-14/h2-10,12H,11H2,1H3,(H3,19,20,21,23)/t12-/m1/s1. The van der Waals surface area contributed by atoms with Gasteiger partial charge in [0, 0.05) is 5.56 Å². The molecular weight excluding hydrogens is 324 g/mol. The zero-order valence-corrected chi connectivity index (χ0v) is 13.6. The maximum absolute atomic E-state index is 12.3. The van der Waals surface area contributed by atoms with Crippen LogP contribution in [0.4, 0.5) is 4.79 Å². The molecule has 2 aromatic rings. The molecule has 3 amide bonds. The molecule has 7 nitrogen and oxygen atoms in total. The monoisotopic (exact) mass is 342 g/mol. The highest BCUT2D eigenvalue weighted by molar-refractivity contribution is 5.98. The lowest BCUT2D eigenvalue weighted by atomic mass is 10.1. The number of amides is 3. The van der Waals surface area contributed by atoms with Gasteiger partial charge in [0.2, 0.25) is 0 Å². The van der Waals surface area contributed by atoms with Crippen LogP contribution in [-0.2, 0) is 16.1 Å². The predicted octanol–water partition coefficient (Wildman–Crippen LogP) is 2.01. The van der Waals surface area contributed by atoms with E-state index < -0.39 is 24.0 Å². The van der Waals surface area contributed by atoms with Crippen LogP contribution in [0, 0.1) is 0 Å². The third kappa shape index (κ3) is 5.35. The Morgan fingerprint density at radius 2 is 1.68 bits per heavy atom. The first-order valence-electron chi connectivity index (χ1n) is 7.54. The second-order valence-electron chi connectivity index (χ2n) is 5.16. The lowest BCUT2D eigenvalue weighted by Gasteiger charge is -2.14. The Bertz CT molecular complexity index is 761. The molecule has 3 N–H and O–H groups in total. The molecule has 7 heteroatoms. The van der Waals surface area contributed by atoms with Gasteiger partial charge in [-0.3, -0.25) is 10.1 Å². The van der Waals surface area contributed by atoms with Gasteiger partial charge in [0.05, 0.1) is 5.56 Å². The fourth-order valence-corrected chi connectivity index (χ4v) is 2.02. The summed E-state index contributed by atoms with van der Waals surface area (Å²) in [4.78, 5) is 34.6. The number of carbonyl (C=O) groups is 3. The molecule has 2 aromatic carbocycles. The highest BCUT2D eigenvalue weighted by atomic mass is 16.5. The first-order chi connectivity index (χ1) is 12.0. The summed E-state index contributed by atoms with van der Waals surface area (Å²) >= 11 is 0. The molecule has 0 spiro atoms. The molecule has 0 unspecified atom stereocenters. The number of benzene rings is 2. The van der Waals surface area contributed by atoms with E-state index >= 15 is 0 Å². The average molecular weight is 342 g/mol. The number of imide groups is 1. The van der Waals surface area contributed by atoms with Crippen molar-refractivity contribution < 1.29 is 23.9 Å². The van der Waals surface area contributed by atoms with Crippen molar-refractivity contribution in [2.24, 2.45) is 5.73 Å². The molecule has 1 atom stereocenters. The van der Waals surface area contributed by atoms with Crippen LogP contribution in [-0.4, -0.2) is 24.0 Å². The highest BCUT2D eigenvalue weighted by Gasteiger charge is 2.21. The average Bonchev–Trinajstić information content (AvgIpc) is 2.60. The molecule has 25 heavy (non-hydrogen) atoms. The van der Waals surface area contributed by atoms with E-state index in [1.54, 1.807) is 36.4 Å². The fourth-order valence-electron chi connectivity index (χ4n) is 2.02. The van der Waals surface area contributed by atoms with Gasteiger partial charge in [-0.15, -0.1) is 0 Å². The van der Waals surface area contributed by atoms with Crippen LogP contribution in [0.15, 0.2) is 54.6 Å². The normalized spacial score (nSPS) is 11.2. The molecule has 0 radical (unpaired) electrons. The second kappa shape index (κ2) is 8.49. The number of esters is 1. The van der Waals surface area contributed by atoms with E-state index in [9.17, 15) is 14.4 Å². The first kappa shape index (κ1) is 18.0. The highest BCUT2D eigenvalue weighted by Crippen LogP contribution is 2.16. The third-order valence-corrected chi connectivity index (χ3v) is 3.27. The van der Waals surface area contributed by atoms with Crippen molar-refractivity contribution in [2.45, 2.75) is 19.6 Å². The number of primary amides is 1. The van der Waals surface area contributed by atoms with E-state index in [0.717, 1.165) is 0 Å². The maximum atomic E-state index is 12.3. The fraction of sp³-hybridized carbons (Fsp3) is 0.167. The van der Waals surface area contributed by atoms with E-state index in [1.165, 1.54) is 6.92 Å². The van der Waals surface area contributed by atoms with Crippen molar-refractivity contribution in [3.63, 3.8) is 0 Å². The zero-order valence-electron chi connectivity index (χ0n) is 13.6. The molecule has 0 aromatic heterocycles. The van der Waals surface area contributed by atoms with Crippen LogP contribution < -0.4 is 15.8 Å². The van der Waals surface area contributed by atoms with E-state index in [-0.39, 0.29) is 12.2 Å². The molecule has 0 saturated carbocycles. The number of urea groups is 1. The number of hydrogen-bond acceptors (Lipinski definition) is 5. The van der Waals surface area contributed by atoms with Crippen LogP contribution in [0.25, 0.3) is 0 Å². The lowest BCUT2D eigenvalue weighted by Crippen LogP contribution is -2.42. The molecule has 0 aliphatic carbocycles. The van der Waals surface area contributed by atoms with Gasteiger partial charge in [-0.1, -0.05) is 36.4 Å². The van der Waals surface area contributed by atoms with Gasteiger partial charge in [-0.25, -0.2) is 9.59 Å². The number of nitrogens with one attached hydrogen (secondary N) is 1. The number of ether oxygens (including phenoxy) is 2. The summed E-state index contributed by atoms with van der Waals surface area (Å²) in [5, 5.41) is 1.86. The molecule has 0 aliphatic heterocycles. The van der Waals surface area contributed by atoms with Gasteiger partial charge in [0.25, 0.3) is 5.91 Å².